The Morgan fingerprint density at radius 3 is 2.29 bits per heavy atom. The molecule has 0 spiro atoms. The highest BCUT2D eigenvalue weighted by molar-refractivity contribution is 5.89. The molecule has 0 heterocycles. The van der Waals surface area contributed by atoms with Gasteiger partial charge in [0.15, 0.2) is 0 Å². The molecule has 0 atom stereocenters. The Labute approximate surface area is 83.6 Å². The second-order valence-corrected chi connectivity index (χ2v) is 3.25. The van der Waals surface area contributed by atoms with E-state index in [-0.39, 0.29) is 12.5 Å². The van der Waals surface area contributed by atoms with Gasteiger partial charge < -0.3 is 14.9 Å². The van der Waals surface area contributed by atoms with Crippen molar-refractivity contribution >= 4 is 11.9 Å². The average Bonchev–Trinajstić information content (AvgIpc) is 2.01. The number of carboxylic acids is 1. The van der Waals surface area contributed by atoms with Crippen LogP contribution in [0.15, 0.2) is 12.2 Å². The topological polar surface area (TPSA) is 60.9 Å². The summed E-state index contributed by atoms with van der Waals surface area (Å²) in [4.78, 5) is 24.5. The number of rotatable bonds is 5. The van der Waals surface area contributed by atoms with Crippen molar-refractivity contribution in [1.29, 1.82) is 0 Å². The van der Waals surface area contributed by atoms with Crippen LogP contribution in [0.4, 0.5) is 0 Å². The predicted octanol–water partition coefficient (Wildman–Crippen LogP) is -0.353. The number of aliphatic carboxylic acids is 1. The highest BCUT2D eigenvalue weighted by atomic mass is 16.4. The average molecular weight is 200 g/mol. The molecule has 14 heavy (non-hydrogen) atoms. The summed E-state index contributed by atoms with van der Waals surface area (Å²) in [5.41, 5.74) is 0. The van der Waals surface area contributed by atoms with Crippen LogP contribution in [-0.4, -0.2) is 61.0 Å². The molecular formula is C9H16N2O3. The number of likely N-dealkylation sites (N-methyl/N-ethyl adjacent to an activating group) is 2. The molecule has 0 unspecified atom stereocenters. The normalized spacial score (nSPS) is 10.9. The lowest BCUT2D eigenvalue weighted by Crippen LogP contribution is -2.30. The van der Waals surface area contributed by atoms with Crippen molar-refractivity contribution in [3.63, 3.8) is 0 Å². The molecule has 0 aromatic rings. The Hall–Kier alpha value is -1.36. The number of hydrogen-bond acceptors (Lipinski definition) is 3. The predicted molar refractivity (Wildman–Crippen MR) is 53.0 cm³/mol. The zero-order valence-electron chi connectivity index (χ0n) is 8.73. The van der Waals surface area contributed by atoms with Crippen LogP contribution >= 0.6 is 0 Å². The minimum atomic E-state index is -1.01. The quantitative estimate of drug-likeness (QED) is 0.616. The minimum absolute atomic E-state index is 0.273. The van der Waals surface area contributed by atoms with Gasteiger partial charge in [0.25, 0.3) is 0 Å². The second-order valence-electron chi connectivity index (χ2n) is 3.25. The highest BCUT2D eigenvalue weighted by Crippen LogP contribution is 1.87. The molecule has 0 radical (unpaired) electrons. The molecular weight excluding hydrogens is 184 g/mol. The van der Waals surface area contributed by atoms with E-state index in [0.717, 1.165) is 4.90 Å². The summed E-state index contributed by atoms with van der Waals surface area (Å²) in [5, 5.41) is 8.42. The van der Waals surface area contributed by atoms with Crippen LogP contribution < -0.4 is 0 Å². The van der Waals surface area contributed by atoms with Gasteiger partial charge >= 0.3 is 5.97 Å². The van der Waals surface area contributed by atoms with Crippen molar-refractivity contribution in [2.45, 2.75) is 0 Å². The standard InChI is InChI=1S/C9H16N2O3/c1-10(2)6-4-5-8(12)11(3)7-9(13)14/h4-5H,6-7H2,1-3H3,(H,13,14). The molecule has 0 aliphatic heterocycles. The summed E-state index contributed by atoms with van der Waals surface area (Å²) < 4.78 is 0. The Balaban J connectivity index is 3.94. The van der Waals surface area contributed by atoms with Gasteiger partial charge in [-0.2, -0.15) is 0 Å². The lowest BCUT2D eigenvalue weighted by Gasteiger charge is -2.11. The van der Waals surface area contributed by atoms with E-state index in [1.165, 1.54) is 13.1 Å². The largest absolute Gasteiger partial charge is 0.480 e. The van der Waals surface area contributed by atoms with Gasteiger partial charge in [0.2, 0.25) is 5.91 Å². The SMILES string of the molecule is CN(C)CC=CC(=O)N(C)CC(=O)O. The molecule has 0 aromatic carbocycles. The molecule has 1 amide bonds. The van der Waals surface area contributed by atoms with Crippen molar-refractivity contribution in [1.82, 2.24) is 9.80 Å². The monoisotopic (exact) mass is 200 g/mol. The molecule has 0 rings (SSSR count). The van der Waals surface area contributed by atoms with Crippen LogP contribution in [0.25, 0.3) is 0 Å². The summed E-state index contributed by atoms with van der Waals surface area (Å²) in [6, 6.07) is 0. The first-order valence-corrected chi connectivity index (χ1v) is 4.21. The van der Waals surface area contributed by atoms with Crippen LogP contribution in [0.3, 0.4) is 0 Å². The van der Waals surface area contributed by atoms with Crippen molar-refractivity contribution in [2.75, 3.05) is 34.2 Å². The number of hydrogen-bond donors (Lipinski definition) is 1. The second kappa shape index (κ2) is 6.15. The first kappa shape index (κ1) is 12.6. The van der Waals surface area contributed by atoms with Gasteiger partial charge in [-0.15, -0.1) is 0 Å². The summed E-state index contributed by atoms with van der Waals surface area (Å²) in [6.07, 6.45) is 3.07. The lowest BCUT2D eigenvalue weighted by atomic mass is 10.4. The molecule has 80 valence electrons. The molecule has 0 aliphatic rings. The maximum atomic E-state index is 11.2. The van der Waals surface area contributed by atoms with E-state index >= 15 is 0 Å². The van der Waals surface area contributed by atoms with Crippen LogP contribution in [-0.2, 0) is 9.59 Å². The fourth-order valence-corrected chi connectivity index (χ4v) is 0.772. The minimum Gasteiger partial charge on any atom is -0.480 e. The summed E-state index contributed by atoms with van der Waals surface area (Å²) >= 11 is 0. The van der Waals surface area contributed by atoms with Crippen LogP contribution in [0.5, 0.6) is 0 Å². The van der Waals surface area contributed by atoms with Crippen molar-refractivity contribution < 1.29 is 14.7 Å². The molecule has 0 fully saturated rings. The molecule has 5 nitrogen and oxygen atoms in total. The number of carbonyl (C=O) groups is 2. The van der Waals surface area contributed by atoms with E-state index in [0.29, 0.717) is 6.54 Å². The van der Waals surface area contributed by atoms with E-state index in [1.54, 1.807) is 6.08 Å². The van der Waals surface area contributed by atoms with E-state index in [2.05, 4.69) is 0 Å². The summed E-state index contributed by atoms with van der Waals surface area (Å²) in [6.45, 7) is 0.387. The zero-order chi connectivity index (χ0) is 11.1. The molecule has 0 aliphatic carbocycles. The Morgan fingerprint density at radius 2 is 1.86 bits per heavy atom. The molecule has 5 heteroatoms. The third-order valence-corrected chi connectivity index (χ3v) is 1.48. The van der Waals surface area contributed by atoms with E-state index < -0.39 is 5.97 Å². The van der Waals surface area contributed by atoms with Gasteiger partial charge in [-0.1, -0.05) is 6.08 Å². The van der Waals surface area contributed by atoms with Crippen molar-refractivity contribution in [3.05, 3.63) is 12.2 Å². The first-order valence-electron chi connectivity index (χ1n) is 4.21. The smallest absolute Gasteiger partial charge is 0.323 e. The number of amides is 1. The van der Waals surface area contributed by atoms with E-state index in [9.17, 15) is 9.59 Å². The molecule has 0 saturated heterocycles. The first-order chi connectivity index (χ1) is 6.43. The van der Waals surface area contributed by atoms with E-state index in [1.807, 2.05) is 19.0 Å². The number of nitrogens with zero attached hydrogens (tertiary/aromatic N) is 2. The fraction of sp³-hybridized carbons (Fsp3) is 0.556. The molecule has 0 saturated carbocycles. The molecule has 0 aromatic heterocycles. The Morgan fingerprint density at radius 1 is 1.29 bits per heavy atom. The van der Waals surface area contributed by atoms with Gasteiger partial charge in [-0.3, -0.25) is 9.59 Å². The molecule has 0 bridgehead atoms. The van der Waals surface area contributed by atoms with Crippen molar-refractivity contribution in [3.8, 4) is 0 Å². The van der Waals surface area contributed by atoms with Gasteiger partial charge in [0.1, 0.15) is 6.54 Å². The van der Waals surface area contributed by atoms with Crippen LogP contribution in [0.1, 0.15) is 0 Å². The Bertz CT molecular complexity index is 236. The summed E-state index contributed by atoms with van der Waals surface area (Å²) in [7, 11) is 5.22. The van der Waals surface area contributed by atoms with E-state index in [4.69, 9.17) is 5.11 Å². The number of carboxylic acid groups (broad SMARTS) is 1. The Kier molecular flexibility index (Phi) is 5.55. The van der Waals surface area contributed by atoms with Crippen LogP contribution in [0, 0.1) is 0 Å². The lowest BCUT2D eigenvalue weighted by molar-refractivity contribution is -0.141. The van der Waals surface area contributed by atoms with Gasteiger partial charge in [-0.05, 0) is 14.1 Å². The highest BCUT2D eigenvalue weighted by Gasteiger charge is 2.07. The summed E-state index contributed by atoms with van der Waals surface area (Å²) in [5.74, 6) is -1.31. The van der Waals surface area contributed by atoms with Crippen molar-refractivity contribution in [2.24, 2.45) is 0 Å². The van der Waals surface area contributed by atoms with Gasteiger partial charge in [0, 0.05) is 19.7 Å². The maximum absolute atomic E-state index is 11.2. The fourth-order valence-electron chi connectivity index (χ4n) is 0.772. The maximum Gasteiger partial charge on any atom is 0.323 e. The van der Waals surface area contributed by atoms with Gasteiger partial charge in [0.05, 0.1) is 0 Å². The third kappa shape index (κ3) is 6.19. The van der Waals surface area contributed by atoms with Crippen LogP contribution in [0.2, 0.25) is 0 Å². The number of carbonyl (C=O) groups excluding carboxylic acids is 1. The third-order valence-electron chi connectivity index (χ3n) is 1.48. The van der Waals surface area contributed by atoms with Gasteiger partial charge in [-0.25, -0.2) is 0 Å². The zero-order valence-corrected chi connectivity index (χ0v) is 8.73. The molecule has 1 N–H and O–H groups in total.